The Bertz CT molecular complexity index is 597. The highest BCUT2D eigenvalue weighted by molar-refractivity contribution is 6.34. The van der Waals surface area contributed by atoms with E-state index in [1.807, 2.05) is 6.07 Å². The molecule has 0 heterocycles. The van der Waals surface area contributed by atoms with Crippen molar-refractivity contribution in [2.24, 2.45) is 5.92 Å². The summed E-state index contributed by atoms with van der Waals surface area (Å²) in [4.78, 5) is 23.6. The first-order valence-corrected chi connectivity index (χ1v) is 6.04. The van der Waals surface area contributed by atoms with Crippen molar-refractivity contribution in [1.82, 2.24) is 4.90 Å². The predicted molar refractivity (Wildman–Crippen MR) is 74.3 cm³/mol. The van der Waals surface area contributed by atoms with Crippen molar-refractivity contribution < 1.29 is 9.72 Å². The van der Waals surface area contributed by atoms with E-state index in [9.17, 15) is 14.9 Å². The zero-order valence-corrected chi connectivity index (χ0v) is 11.7. The number of benzene rings is 1. The summed E-state index contributed by atoms with van der Waals surface area (Å²) in [5, 5.41) is 19.4. The molecule has 8 heteroatoms. The van der Waals surface area contributed by atoms with Gasteiger partial charge in [-0.1, -0.05) is 11.6 Å². The van der Waals surface area contributed by atoms with Gasteiger partial charge in [-0.25, -0.2) is 0 Å². The number of nitrogen functional groups attached to an aromatic ring is 1. The minimum atomic E-state index is -0.653. The van der Waals surface area contributed by atoms with Crippen LogP contribution in [0.5, 0.6) is 0 Å². The van der Waals surface area contributed by atoms with Gasteiger partial charge in [0.25, 0.3) is 11.6 Å². The van der Waals surface area contributed by atoms with E-state index in [4.69, 9.17) is 22.6 Å². The number of anilines is 1. The highest BCUT2D eigenvalue weighted by Crippen LogP contribution is 2.29. The number of hydrogen-bond donors (Lipinski definition) is 1. The van der Waals surface area contributed by atoms with Gasteiger partial charge in [-0.3, -0.25) is 14.9 Å². The fraction of sp³-hybridized carbons (Fsp3) is 0.333. The van der Waals surface area contributed by atoms with Crippen molar-refractivity contribution >= 4 is 28.9 Å². The van der Waals surface area contributed by atoms with Crippen molar-refractivity contribution in [3.63, 3.8) is 0 Å². The third kappa shape index (κ3) is 3.36. The fourth-order valence-corrected chi connectivity index (χ4v) is 1.84. The van der Waals surface area contributed by atoms with E-state index in [0.717, 1.165) is 12.1 Å². The fourth-order valence-electron chi connectivity index (χ4n) is 1.63. The third-order valence-electron chi connectivity index (χ3n) is 2.67. The minimum absolute atomic E-state index is 0.0151. The molecule has 0 aliphatic rings. The summed E-state index contributed by atoms with van der Waals surface area (Å²) in [6.45, 7) is 1.85. The van der Waals surface area contributed by atoms with Crippen LogP contribution in [0.3, 0.4) is 0 Å². The molecule has 2 N–H and O–H groups in total. The van der Waals surface area contributed by atoms with Crippen LogP contribution in [0, 0.1) is 27.4 Å². The van der Waals surface area contributed by atoms with Crippen LogP contribution < -0.4 is 5.73 Å². The van der Waals surface area contributed by atoms with Crippen LogP contribution in [0.2, 0.25) is 5.02 Å². The summed E-state index contributed by atoms with van der Waals surface area (Å²) < 4.78 is 0. The molecule has 0 radical (unpaired) electrons. The molecule has 0 aliphatic heterocycles. The van der Waals surface area contributed by atoms with E-state index in [-0.39, 0.29) is 34.4 Å². The molecule has 0 saturated carbocycles. The lowest BCUT2D eigenvalue weighted by Crippen LogP contribution is -2.31. The van der Waals surface area contributed by atoms with Gasteiger partial charge >= 0.3 is 0 Å². The molecule has 0 fully saturated rings. The summed E-state index contributed by atoms with van der Waals surface area (Å²) in [7, 11) is 1.49. The van der Waals surface area contributed by atoms with Crippen LogP contribution in [-0.4, -0.2) is 29.3 Å². The Hall–Kier alpha value is -2.33. The number of nitriles is 1. The lowest BCUT2D eigenvalue weighted by atomic mass is 10.1. The maximum absolute atomic E-state index is 12.2. The molecule has 1 aromatic carbocycles. The molecular weight excluding hydrogens is 284 g/mol. The van der Waals surface area contributed by atoms with Crippen molar-refractivity contribution in [3.8, 4) is 6.07 Å². The lowest BCUT2D eigenvalue weighted by molar-refractivity contribution is -0.384. The number of nitrogens with zero attached hydrogens (tertiary/aromatic N) is 3. The molecule has 1 unspecified atom stereocenters. The van der Waals surface area contributed by atoms with Gasteiger partial charge in [-0.15, -0.1) is 0 Å². The SMILES string of the molecule is CC(C#N)CN(C)C(=O)c1cc([N+](=O)[O-])cc(Cl)c1N. The first kappa shape index (κ1) is 15.7. The normalized spacial score (nSPS) is 11.5. The van der Waals surface area contributed by atoms with Gasteiger partial charge < -0.3 is 10.6 Å². The summed E-state index contributed by atoms with van der Waals surface area (Å²) in [6.07, 6.45) is 0. The number of non-ortho nitro benzene ring substituents is 1. The Morgan fingerprint density at radius 2 is 2.25 bits per heavy atom. The summed E-state index contributed by atoms with van der Waals surface area (Å²) in [5.41, 5.74) is 5.32. The van der Waals surface area contributed by atoms with Gasteiger partial charge in [-0.05, 0) is 6.92 Å². The molecule has 106 valence electrons. The summed E-state index contributed by atoms with van der Waals surface area (Å²) in [5.74, 6) is -0.880. The number of amides is 1. The molecule has 0 aromatic heterocycles. The zero-order valence-electron chi connectivity index (χ0n) is 11.0. The molecule has 1 amide bonds. The first-order chi connectivity index (χ1) is 9.27. The smallest absolute Gasteiger partial charge is 0.271 e. The van der Waals surface area contributed by atoms with Gasteiger partial charge in [0.15, 0.2) is 0 Å². The van der Waals surface area contributed by atoms with Gasteiger partial charge in [0, 0.05) is 25.7 Å². The van der Waals surface area contributed by atoms with E-state index in [1.165, 1.54) is 11.9 Å². The Morgan fingerprint density at radius 3 is 2.75 bits per heavy atom. The van der Waals surface area contributed by atoms with Crippen LogP contribution in [-0.2, 0) is 0 Å². The summed E-state index contributed by atoms with van der Waals surface area (Å²) in [6, 6.07) is 4.17. The number of nitrogens with two attached hydrogens (primary N) is 1. The molecular formula is C12H13ClN4O3. The lowest BCUT2D eigenvalue weighted by Gasteiger charge is -2.19. The Morgan fingerprint density at radius 1 is 1.65 bits per heavy atom. The van der Waals surface area contributed by atoms with Crippen molar-refractivity contribution in [1.29, 1.82) is 5.26 Å². The second-order valence-electron chi connectivity index (χ2n) is 4.36. The number of carbonyl (C=O) groups is 1. The van der Waals surface area contributed by atoms with E-state index in [2.05, 4.69) is 0 Å². The number of nitro benzene ring substituents is 1. The zero-order chi connectivity index (χ0) is 15.4. The van der Waals surface area contributed by atoms with E-state index in [0.29, 0.717) is 0 Å². The molecule has 0 saturated heterocycles. The Kier molecular flexibility index (Phi) is 4.88. The molecule has 1 rings (SSSR count). The van der Waals surface area contributed by atoms with Crippen LogP contribution in [0.15, 0.2) is 12.1 Å². The van der Waals surface area contributed by atoms with Gasteiger partial charge in [-0.2, -0.15) is 5.26 Å². The maximum Gasteiger partial charge on any atom is 0.271 e. The van der Waals surface area contributed by atoms with E-state index in [1.54, 1.807) is 6.92 Å². The van der Waals surface area contributed by atoms with Crippen LogP contribution in [0.4, 0.5) is 11.4 Å². The topological polar surface area (TPSA) is 113 Å². The van der Waals surface area contributed by atoms with Crippen molar-refractivity contribution in [2.45, 2.75) is 6.92 Å². The van der Waals surface area contributed by atoms with Crippen molar-refractivity contribution in [2.75, 3.05) is 19.3 Å². The van der Waals surface area contributed by atoms with Gasteiger partial charge in [0.05, 0.1) is 33.2 Å². The minimum Gasteiger partial charge on any atom is -0.397 e. The van der Waals surface area contributed by atoms with Gasteiger partial charge in [0.2, 0.25) is 0 Å². The summed E-state index contributed by atoms with van der Waals surface area (Å²) >= 11 is 5.79. The highest BCUT2D eigenvalue weighted by Gasteiger charge is 2.22. The van der Waals surface area contributed by atoms with Crippen molar-refractivity contribution in [3.05, 3.63) is 32.8 Å². The standard InChI is InChI=1S/C12H13ClN4O3/c1-7(5-14)6-16(2)12(18)9-3-8(17(19)20)4-10(13)11(9)15/h3-4,7H,6,15H2,1-2H3. The number of nitro groups is 1. The van der Waals surface area contributed by atoms with Crippen LogP contribution >= 0.6 is 11.6 Å². The molecule has 0 aliphatic carbocycles. The molecule has 1 atom stereocenters. The number of carbonyl (C=O) groups excluding carboxylic acids is 1. The molecule has 0 bridgehead atoms. The molecule has 1 aromatic rings. The Balaban J connectivity index is 3.15. The first-order valence-electron chi connectivity index (χ1n) is 5.66. The van der Waals surface area contributed by atoms with E-state index >= 15 is 0 Å². The Labute approximate surface area is 120 Å². The molecule has 20 heavy (non-hydrogen) atoms. The average Bonchev–Trinajstić information content (AvgIpc) is 2.40. The van der Waals surface area contributed by atoms with E-state index < -0.39 is 10.8 Å². The quantitative estimate of drug-likeness (QED) is 0.519. The molecule has 0 spiro atoms. The van der Waals surface area contributed by atoms with Crippen LogP contribution in [0.25, 0.3) is 0 Å². The van der Waals surface area contributed by atoms with Crippen LogP contribution in [0.1, 0.15) is 17.3 Å². The average molecular weight is 297 g/mol. The second kappa shape index (κ2) is 6.21. The van der Waals surface area contributed by atoms with Gasteiger partial charge in [0.1, 0.15) is 0 Å². The maximum atomic E-state index is 12.2. The third-order valence-corrected chi connectivity index (χ3v) is 2.98. The second-order valence-corrected chi connectivity index (χ2v) is 4.77. The highest BCUT2D eigenvalue weighted by atomic mass is 35.5. The number of hydrogen-bond acceptors (Lipinski definition) is 5. The molecule has 7 nitrogen and oxygen atoms in total. The monoisotopic (exact) mass is 296 g/mol. The number of rotatable bonds is 4. The number of halogens is 1. The predicted octanol–water partition coefficient (Wildman–Crippen LogP) is 2.06. The largest absolute Gasteiger partial charge is 0.397 e.